The van der Waals surface area contributed by atoms with E-state index in [9.17, 15) is 9.59 Å². The van der Waals surface area contributed by atoms with E-state index in [1.807, 2.05) is 32.0 Å². The van der Waals surface area contributed by atoms with Crippen molar-refractivity contribution in [2.24, 2.45) is 0 Å². The van der Waals surface area contributed by atoms with Gasteiger partial charge in [0.05, 0.1) is 5.39 Å². The maximum atomic E-state index is 12.6. The lowest BCUT2D eigenvalue weighted by Gasteiger charge is -2.10. The number of carbonyl (C=O) groups is 1. The lowest BCUT2D eigenvalue weighted by Crippen LogP contribution is -2.17. The van der Waals surface area contributed by atoms with E-state index in [1.54, 1.807) is 11.3 Å². The molecule has 0 bridgehead atoms. The van der Waals surface area contributed by atoms with Crippen molar-refractivity contribution in [2.75, 3.05) is 5.32 Å². The van der Waals surface area contributed by atoms with E-state index >= 15 is 0 Å². The Bertz CT molecular complexity index is 1080. The first-order valence-electron chi connectivity index (χ1n) is 9.42. The summed E-state index contributed by atoms with van der Waals surface area (Å²) in [4.78, 5) is 34.5. The third-order valence-corrected chi connectivity index (χ3v) is 6.32. The lowest BCUT2D eigenvalue weighted by molar-refractivity contribution is -0.116. The number of H-pyrrole nitrogens is 1. The smallest absolute Gasteiger partial charge is 0.259 e. The van der Waals surface area contributed by atoms with Gasteiger partial charge in [0.2, 0.25) is 5.91 Å². The molecule has 2 N–H and O–H groups in total. The van der Waals surface area contributed by atoms with Crippen molar-refractivity contribution in [3.63, 3.8) is 0 Å². The fraction of sp³-hybridized carbons (Fsp3) is 0.381. The molecule has 140 valence electrons. The van der Waals surface area contributed by atoms with E-state index in [0.29, 0.717) is 12.2 Å². The second-order valence-corrected chi connectivity index (χ2v) is 8.35. The summed E-state index contributed by atoms with van der Waals surface area (Å²) in [6, 6.07) is 5.99. The number of aromatic amines is 1. The first-order chi connectivity index (χ1) is 13.0. The number of aromatic nitrogens is 2. The van der Waals surface area contributed by atoms with E-state index < -0.39 is 0 Å². The Morgan fingerprint density at radius 3 is 2.93 bits per heavy atom. The molecular formula is C21H23N3O2S. The van der Waals surface area contributed by atoms with Gasteiger partial charge in [0.25, 0.3) is 5.56 Å². The molecule has 0 radical (unpaired) electrons. The van der Waals surface area contributed by atoms with Crippen molar-refractivity contribution in [1.82, 2.24) is 9.97 Å². The number of fused-ring (bicyclic) bond motifs is 3. The normalized spacial score (nSPS) is 13.6. The van der Waals surface area contributed by atoms with E-state index in [4.69, 9.17) is 0 Å². The van der Waals surface area contributed by atoms with Crippen LogP contribution in [-0.2, 0) is 24.1 Å². The predicted molar refractivity (Wildman–Crippen MR) is 110 cm³/mol. The maximum absolute atomic E-state index is 12.6. The van der Waals surface area contributed by atoms with Gasteiger partial charge >= 0.3 is 0 Å². The maximum Gasteiger partial charge on any atom is 0.259 e. The van der Waals surface area contributed by atoms with Crippen molar-refractivity contribution in [1.29, 1.82) is 0 Å². The van der Waals surface area contributed by atoms with Crippen molar-refractivity contribution >= 4 is 33.1 Å². The number of aryl methyl sites for hydroxylation is 5. The summed E-state index contributed by atoms with van der Waals surface area (Å²) in [5, 5.41) is 3.72. The Kier molecular flexibility index (Phi) is 4.83. The molecule has 1 aliphatic rings. The minimum absolute atomic E-state index is 0.0654. The molecule has 1 aromatic carbocycles. The Labute approximate surface area is 161 Å². The van der Waals surface area contributed by atoms with E-state index in [0.717, 1.165) is 46.3 Å². The summed E-state index contributed by atoms with van der Waals surface area (Å²) in [6.07, 6.45) is 5.04. The highest BCUT2D eigenvalue weighted by Gasteiger charge is 2.19. The number of hydrogen-bond acceptors (Lipinski definition) is 4. The fourth-order valence-electron chi connectivity index (χ4n) is 3.64. The van der Waals surface area contributed by atoms with Crippen LogP contribution < -0.4 is 10.9 Å². The molecule has 0 fully saturated rings. The standard InChI is InChI=1S/C21H23N3O2S/c1-12-7-8-13(2)15(11-12)22-18(25)10-9-17-23-20(26)19-14-5-3-4-6-16(14)27-21(19)24-17/h7-8,11H,3-6,9-10H2,1-2H3,(H,22,25)(H,23,24,26). The van der Waals surface area contributed by atoms with Gasteiger partial charge in [-0.05, 0) is 62.3 Å². The molecule has 2 heterocycles. The molecule has 1 aliphatic carbocycles. The van der Waals surface area contributed by atoms with Gasteiger partial charge in [0, 0.05) is 23.4 Å². The number of anilines is 1. The minimum Gasteiger partial charge on any atom is -0.326 e. The topological polar surface area (TPSA) is 74.8 Å². The molecule has 6 heteroatoms. The number of hydrogen-bond donors (Lipinski definition) is 2. The van der Waals surface area contributed by atoms with Gasteiger partial charge in [-0.25, -0.2) is 4.98 Å². The predicted octanol–water partition coefficient (Wildman–Crippen LogP) is 4.05. The van der Waals surface area contributed by atoms with Gasteiger partial charge in [0.15, 0.2) is 0 Å². The van der Waals surface area contributed by atoms with Gasteiger partial charge < -0.3 is 10.3 Å². The fourth-order valence-corrected chi connectivity index (χ4v) is 4.92. The largest absolute Gasteiger partial charge is 0.326 e. The Morgan fingerprint density at radius 1 is 1.26 bits per heavy atom. The van der Waals surface area contributed by atoms with Crippen LogP contribution in [0.3, 0.4) is 0 Å². The molecule has 0 spiro atoms. The third-order valence-electron chi connectivity index (χ3n) is 5.13. The van der Waals surface area contributed by atoms with Gasteiger partial charge in [-0.2, -0.15) is 0 Å². The third kappa shape index (κ3) is 3.67. The molecule has 27 heavy (non-hydrogen) atoms. The summed E-state index contributed by atoms with van der Waals surface area (Å²) >= 11 is 1.64. The Morgan fingerprint density at radius 2 is 2.07 bits per heavy atom. The first kappa shape index (κ1) is 17.9. The van der Waals surface area contributed by atoms with Crippen LogP contribution >= 0.6 is 11.3 Å². The van der Waals surface area contributed by atoms with Crippen molar-refractivity contribution in [2.45, 2.75) is 52.4 Å². The van der Waals surface area contributed by atoms with Crippen LogP contribution in [0.4, 0.5) is 5.69 Å². The lowest BCUT2D eigenvalue weighted by atomic mass is 9.97. The van der Waals surface area contributed by atoms with Crippen molar-refractivity contribution in [3.8, 4) is 0 Å². The van der Waals surface area contributed by atoms with Crippen LogP contribution in [0.5, 0.6) is 0 Å². The molecule has 0 aliphatic heterocycles. The average molecular weight is 382 g/mol. The molecule has 3 aromatic rings. The van der Waals surface area contributed by atoms with E-state index in [-0.39, 0.29) is 17.9 Å². The highest BCUT2D eigenvalue weighted by atomic mass is 32.1. The summed E-state index contributed by atoms with van der Waals surface area (Å²) in [7, 11) is 0. The molecular weight excluding hydrogens is 358 g/mol. The quantitative estimate of drug-likeness (QED) is 0.716. The molecule has 0 atom stereocenters. The SMILES string of the molecule is Cc1ccc(C)c(NC(=O)CCc2nc3sc4c(c3c(=O)[nH]2)CCCC4)c1. The van der Waals surface area contributed by atoms with Crippen LogP contribution in [0.25, 0.3) is 10.2 Å². The average Bonchev–Trinajstić information content (AvgIpc) is 3.02. The van der Waals surface area contributed by atoms with Crippen LogP contribution in [-0.4, -0.2) is 15.9 Å². The molecule has 0 unspecified atom stereocenters. The zero-order valence-corrected chi connectivity index (χ0v) is 16.5. The van der Waals surface area contributed by atoms with Gasteiger partial charge in [0.1, 0.15) is 10.7 Å². The number of thiophene rings is 1. The zero-order chi connectivity index (χ0) is 19.0. The Hall–Kier alpha value is -2.47. The van der Waals surface area contributed by atoms with Crippen LogP contribution in [0, 0.1) is 13.8 Å². The molecule has 1 amide bonds. The Balaban J connectivity index is 1.49. The highest BCUT2D eigenvalue weighted by Crippen LogP contribution is 2.33. The molecule has 5 nitrogen and oxygen atoms in total. The number of benzene rings is 1. The summed E-state index contributed by atoms with van der Waals surface area (Å²) in [6.45, 7) is 3.97. The van der Waals surface area contributed by atoms with Crippen molar-refractivity contribution < 1.29 is 4.79 Å². The summed E-state index contributed by atoms with van der Waals surface area (Å²) in [5.41, 5.74) is 4.10. The number of nitrogens with one attached hydrogen (secondary N) is 2. The van der Waals surface area contributed by atoms with Gasteiger partial charge in [-0.3, -0.25) is 9.59 Å². The molecule has 0 saturated heterocycles. The first-order valence-corrected chi connectivity index (χ1v) is 10.2. The second kappa shape index (κ2) is 7.27. The molecule has 4 rings (SSSR count). The van der Waals surface area contributed by atoms with Gasteiger partial charge in [-0.1, -0.05) is 12.1 Å². The number of rotatable bonds is 4. The number of nitrogens with zero attached hydrogens (tertiary/aromatic N) is 1. The van der Waals surface area contributed by atoms with Crippen LogP contribution in [0.1, 0.15) is 46.7 Å². The van der Waals surface area contributed by atoms with Crippen molar-refractivity contribution in [3.05, 3.63) is 55.9 Å². The summed E-state index contributed by atoms with van der Waals surface area (Å²) in [5.74, 6) is 0.513. The van der Waals surface area contributed by atoms with Gasteiger partial charge in [-0.15, -0.1) is 11.3 Å². The van der Waals surface area contributed by atoms with E-state index in [1.165, 1.54) is 16.9 Å². The van der Waals surface area contributed by atoms with Crippen LogP contribution in [0.15, 0.2) is 23.0 Å². The summed E-state index contributed by atoms with van der Waals surface area (Å²) < 4.78 is 0. The monoisotopic (exact) mass is 381 g/mol. The minimum atomic E-state index is -0.0723. The van der Waals surface area contributed by atoms with E-state index in [2.05, 4.69) is 15.3 Å². The highest BCUT2D eigenvalue weighted by molar-refractivity contribution is 7.18. The second-order valence-electron chi connectivity index (χ2n) is 7.27. The number of amides is 1. The number of carbonyl (C=O) groups excluding carboxylic acids is 1. The molecule has 0 saturated carbocycles. The van der Waals surface area contributed by atoms with Crippen LogP contribution in [0.2, 0.25) is 0 Å². The molecule has 2 aromatic heterocycles. The zero-order valence-electron chi connectivity index (χ0n) is 15.6.